The molecule has 2 heterocycles. The first-order valence-electron chi connectivity index (χ1n) is 8.70. The third-order valence-corrected chi connectivity index (χ3v) is 4.27. The Balaban J connectivity index is 1.79. The number of hydrogen-bond acceptors (Lipinski definition) is 6. The molecule has 0 aliphatic rings. The van der Waals surface area contributed by atoms with Crippen molar-refractivity contribution >= 4 is 22.6 Å². The van der Waals surface area contributed by atoms with Crippen molar-refractivity contribution in [3.05, 3.63) is 35.5 Å². The number of methoxy groups -OCH3 is 2. The Labute approximate surface area is 169 Å². The summed E-state index contributed by atoms with van der Waals surface area (Å²) in [6.45, 7) is 0.928. The van der Waals surface area contributed by atoms with E-state index >= 15 is 0 Å². The topological polar surface area (TPSA) is 87.5 Å². The van der Waals surface area contributed by atoms with Gasteiger partial charge in [0.25, 0.3) is 5.91 Å². The number of halogens is 3. The van der Waals surface area contributed by atoms with Gasteiger partial charge in [-0.3, -0.25) is 9.48 Å². The molecule has 0 spiro atoms. The summed E-state index contributed by atoms with van der Waals surface area (Å²) in [5.74, 6) is -0.0284. The van der Waals surface area contributed by atoms with Crippen LogP contribution in [-0.4, -0.2) is 41.5 Å². The number of alkyl halides is 3. The number of fused-ring (bicyclic) bond motifs is 1. The van der Waals surface area contributed by atoms with E-state index in [0.29, 0.717) is 17.2 Å². The summed E-state index contributed by atoms with van der Waals surface area (Å²) < 4.78 is 57.2. The Morgan fingerprint density at radius 1 is 1.17 bits per heavy atom. The van der Waals surface area contributed by atoms with E-state index in [0.717, 1.165) is 6.07 Å². The molecule has 0 fully saturated rings. The smallest absolute Gasteiger partial charge is 0.417 e. The van der Waals surface area contributed by atoms with Gasteiger partial charge >= 0.3 is 6.18 Å². The van der Waals surface area contributed by atoms with Gasteiger partial charge in [0.2, 0.25) is 5.88 Å². The summed E-state index contributed by atoms with van der Waals surface area (Å²) in [4.78, 5) is 16.2. The summed E-state index contributed by atoms with van der Waals surface area (Å²) in [7, 11) is 4.41. The molecule has 1 aromatic carbocycles. The Morgan fingerprint density at radius 3 is 2.50 bits per heavy atom. The Bertz CT molecular complexity index is 1100. The van der Waals surface area contributed by atoms with E-state index in [4.69, 9.17) is 14.2 Å². The number of aryl methyl sites for hydroxylation is 2. The second-order valence-corrected chi connectivity index (χ2v) is 6.32. The number of rotatable bonds is 6. The highest BCUT2D eigenvalue weighted by molar-refractivity contribution is 5.92. The van der Waals surface area contributed by atoms with Crippen LogP contribution in [0.3, 0.4) is 0 Å². The van der Waals surface area contributed by atoms with E-state index in [1.54, 1.807) is 18.2 Å². The third kappa shape index (κ3) is 4.24. The highest BCUT2D eigenvalue weighted by atomic mass is 19.4. The van der Waals surface area contributed by atoms with Crippen LogP contribution in [0, 0.1) is 6.92 Å². The zero-order valence-electron chi connectivity index (χ0n) is 16.6. The number of carbonyl (C=O) groups is 1. The number of nitrogens with zero attached hydrogens (tertiary/aromatic N) is 3. The maximum Gasteiger partial charge on any atom is 0.417 e. The zero-order valence-corrected chi connectivity index (χ0v) is 16.6. The number of nitrogens with one attached hydrogen (secondary N) is 1. The predicted molar refractivity (Wildman–Crippen MR) is 102 cm³/mol. The fourth-order valence-corrected chi connectivity index (χ4v) is 2.97. The average Bonchev–Trinajstić information content (AvgIpc) is 2.98. The lowest BCUT2D eigenvalue weighted by Gasteiger charge is -2.12. The van der Waals surface area contributed by atoms with Crippen molar-refractivity contribution in [1.82, 2.24) is 14.8 Å². The first kappa shape index (κ1) is 21.2. The highest BCUT2D eigenvalue weighted by Gasteiger charge is 2.35. The summed E-state index contributed by atoms with van der Waals surface area (Å²) >= 11 is 0. The van der Waals surface area contributed by atoms with Crippen LogP contribution in [0.2, 0.25) is 0 Å². The van der Waals surface area contributed by atoms with Crippen LogP contribution in [0.25, 0.3) is 11.0 Å². The van der Waals surface area contributed by atoms with Crippen molar-refractivity contribution in [3.8, 4) is 17.4 Å². The molecule has 3 aromatic rings. The molecule has 0 aliphatic carbocycles. The maximum atomic E-state index is 13.5. The lowest BCUT2D eigenvalue weighted by molar-refractivity contribution is -0.136. The van der Waals surface area contributed by atoms with Gasteiger partial charge < -0.3 is 19.5 Å². The monoisotopic (exact) mass is 424 g/mol. The quantitative estimate of drug-likeness (QED) is 0.653. The molecule has 0 aliphatic heterocycles. The van der Waals surface area contributed by atoms with Crippen molar-refractivity contribution in [2.24, 2.45) is 7.05 Å². The van der Waals surface area contributed by atoms with E-state index in [1.165, 1.54) is 32.9 Å². The van der Waals surface area contributed by atoms with Gasteiger partial charge in [-0.05, 0) is 19.1 Å². The normalized spacial score (nSPS) is 11.4. The SMILES string of the molecule is COc1ccc(NC(=O)COc2cc(C(F)(F)F)c3c(C)nn(C)c3n2)cc1OC. The number of ether oxygens (including phenoxy) is 3. The lowest BCUT2D eigenvalue weighted by Crippen LogP contribution is -2.21. The van der Waals surface area contributed by atoms with Gasteiger partial charge in [-0.1, -0.05) is 0 Å². The van der Waals surface area contributed by atoms with Gasteiger partial charge in [0.05, 0.1) is 30.9 Å². The zero-order chi connectivity index (χ0) is 22.1. The molecule has 0 saturated carbocycles. The largest absolute Gasteiger partial charge is 0.493 e. The molecule has 0 unspecified atom stereocenters. The third-order valence-electron chi connectivity index (χ3n) is 4.27. The molecular weight excluding hydrogens is 405 g/mol. The second-order valence-electron chi connectivity index (χ2n) is 6.32. The standard InChI is InChI=1S/C19H19F3N4O4/c1-10-17-12(19(20,21)22)8-16(24-18(17)26(2)25-10)30-9-15(27)23-11-5-6-13(28-3)14(7-11)29-4/h5-8H,9H2,1-4H3,(H,23,27). The fourth-order valence-electron chi connectivity index (χ4n) is 2.97. The van der Waals surface area contributed by atoms with Crippen molar-refractivity contribution in [1.29, 1.82) is 0 Å². The average molecular weight is 424 g/mol. The van der Waals surface area contributed by atoms with Crippen molar-refractivity contribution < 1.29 is 32.2 Å². The number of amides is 1. The van der Waals surface area contributed by atoms with Crippen LogP contribution in [0.15, 0.2) is 24.3 Å². The molecule has 160 valence electrons. The van der Waals surface area contributed by atoms with Gasteiger partial charge in [0, 0.05) is 24.9 Å². The number of pyridine rings is 1. The summed E-state index contributed by atoms with van der Waals surface area (Å²) in [6, 6.07) is 5.50. The minimum Gasteiger partial charge on any atom is -0.493 e. The van der Waals surface area contributed by atoms with Crippen molar-refractivity contribution in [2.45, 2.75) is 13.1 Å². The lowest BCUT2D eigenvalue weighted by atomic mass is 10.1. The molecule has 8 nitrogen and oxygen atoms in total. The summed E-state index contributed by atoms with van der Waals surface area (Å²) in [6.07, 6.45) is -4.63. The molecule has 1 amide bonds. The number of benzene rings is 1. The van der Waals surface area contributed by atoms with Gasteiger partial charge in [0.1, 0.15) is 0 Å². The minimum atomic E-state index is -4.63. The molecule has 30 heavy (non-hydrogen) atoms. The molecule has 0 bridgehead atoms. The molecule has 11 heteroatoms. The van der Waals surface area contributed by atoms with E-state index in [-0.39, 0.29) is 22.6 Å². The van der Waals surface area contributed by atoms with Crippen molar-refractivity contribution in [3.63, 3.8) is 0 Å². The molecule has 2 aromatic heterocycles. The van der Waals surface area contributed by atoms with Crippen LogP contribution in [0.4, 0.5) is 18.9 Å². The van der Waals surface area contributed by atoms with Crippen LogP contribution in [0.5, 0.6) is 17.4 Å². The first-order chi connectivity index (χ1) is 14.1. The number of hydrogen-bond donors (Lipinski definition) is 1. The number of aromatic nitrogens is 3. The fraction of sp³-hybridized carbons (Fsp3) is 0.316. The van der Waals surface area contributed by atoms with E-state index < -0.39 is 24.3 Å². The van der Waals surface area contributed by atoms with Crippen LogP contribution < -0.4 is 19.5 Å². The van der Waals surface area contributed by atoms with Crippen molar-refractivity contribution in [2.75, 3.05) is 26.1 Å². The predicted octanol–water partition coefficient (Wildman–Crippen LogP) is 3.33. The molecule has 3 rings (SSSR count). The van der Waals surface area contributed by atoms with E-state index in [9.17, 15) is 18.0 Å². The molecule has 0 atom stereocenters. The second kappa shape index (κ2) is 8.09. The number of anilines is 1. The van der Waals surface area contributed by atoms with Gasteiger partial charge in [-0.2, -0.15) is 23.3 Å². The summed E-state index contributed by atoms with van der Waals surface area (Å²) in [5.41, 5.74) is -0.306. The van der Waals surface area contributed by atoms with Gasteiger partial charge in [0.15, 0.2) is 23.8 Å². The van der Waals surface area contributed by atoms with Gasteiger partial charge in [-0.25, -0.2) is 0 Å². The maximum absolute atomic E-state index is 13.5. The Morgan fingerprint density at radius 2 is 1.87 bits per heavy atom. The Kier molecular flexibility index (Phi) is 5.72. The number of carbonyl (C=O) groups excluding carboxylic acids is 1. The molecule has 0 saturated heterocycles. The van der Waals surface area contributed by atoms with Crippen LogP contribution in [-0.2, 0) is 18.0 Å². The van der Waals surface area contributed by atoms with Crippen LogP contribution in [0.1, 0.15) is 11.3 Å². The minimum absolute atomic E-state index is 0.0117. The van der Waals surface area contributed by atoms with Crippen LogP contribution >= 0.6 is 0 Å². The van der Waals surface area contributed by atoms with Gasteiger partial charge in [-0.15, -0.1) is 0 Å². The Hall–Kier alpha value is -3.50. The molecule has 1 N–H and O–H groups in total. The highest BCUT2D eigenvalue weighted by Crippen LogP contribution is 2.37. The summed E-state index contributed by atoms with van der Waals surface area (Å²) in [5, 5.41) is 6.45. The van der Waals surface area contributed by atoms with E-state index in [1.807, 2.05) is 0 Å². The first-order valence-corrected chi connectivity index (χ1v) is 8.70. The molecule has 0 radical (unpaired) electrons. The molecular formula is C19H19F3N4O4. The van der Waals surface area contributed by atoms with E-state index in [2.05, 4.69) is 15.4 Å².